The van der Waals surface area contributed by atoms with E-state index in [1.165, 1.54) is 6.92 Å². The lowest BCUT2D eigenvalue weighted by molar-refractivity contribution is -0.185. The first kappa shape index (κ1) is 26.0. The Morgan fingerprint density at radius 3 is 2.17 bits per heavy atom. The predicted octanol–water partition coefficient (Wildman–Crippen LogP) is 0.407. The van der Waals surface area contributed by atoms with E-state index in [9.17, 15) is 40.5 Å². The molecule has 3 rings (SSSR count). The Balaban J connectivity index is 1.78. The molecule has 0 aliphatic rings. The maximum Gasteiger partial charge on any atom is 0.291 e. The predicted molar refractivity (Wildman–Crippen MR) is 127 cm³/mol. The normalized spacial score (nSPS) is 13.4. The number of phenolic OH excluding ortho intramolecular Hbond substituents is 4. The van der Waals surface area contributed by atoms with Crippen LogP contribution in [0.5, 0.6) is 23.0 Å². The minimum Gasteiger partial charge on any atom is -0.504 e. The molecule has 1 aromatic heterocycles. The number of phenols is 4. The molecule has 35 heavy (non-hydrogen) atoms. The molecule has 0 bridgehead atoms. The number of nitrogens with one attached hydrogen (secondary N) is 2. The van der Waals surface area contributed by atoms with Crippen molar-refractivity contribution in [3.05, 3.63) is 52.5 Å². The van der Waals surface area contributed by atoms with Gasteiger partial charge in [-0.3, -0.25) is 10.1 Å². The highest BCUT2D eigenvalue weighted by molar-refractivity contribution is 7.13. The summed E-state index contributed by atoms with van der Waals surface area (Å²) in [6, 6.07) is 9.44. The molecule has 0 spiro atoms. The topological polar surface area (TPSA) is 222 Å². The summed E-state index contributed by atoms with van der Waals surface area (Å²) in [5.74, 6) is -8.80. The molecular formula is C22H26N4O8S. The van der Waals surface area contributed by atoms with E-state index in [2.05, 4.69) is 10.3 Å². The van der Waals surface area contributed by atoms with Gasteiger partial charge in [-0.05, 0) is 18.9 Å². The van der Waals surface area contributed by atoms with Crippen molar-refractivity contribution in [2.45, 2.75) is 31.3 Å². The smallest absolute Gasteiger partial charge is 0.291 e. The van der Waals surface area contributed by atoms with E-state index in [4.69, 9.17) is 5.73 Å². The first-order valence-corrected chi connectivity index (χ1v) is 11.2. The third kappa shape index (κ3) is 5.72. The molecule has 1 amide bonds. The summed E-state index contributed by atoms with van der Waals surface area (Å²) in [4.78, 5) is 16.0. The number of rotatable bonds is 9. The molecule has 3 aromatic rings. The van der Waals surface area contributed by atoms with E-state index in [1.54, 1.807) is 0 Å². The first-order valence-electron chi connectivity index (χ1n) is 10.3. The highest BCUT2D eigenvalue weighted by atomic mass is 32.1. The molecule has 0 aliphatic heterocycles. The maximum absolute atomic E-state index is 12.4. The molecule has 11 N–H and O–H groups in total. The zero-order chi connectivity index (χ0) is 26.0. The van der Waals surface area contributed by atoms with Gasteiger partial charge in [0.25, 0.3) is 11.7 Å². The first-order chi connectivity index (χ1) is 16.3. The molecule has 13 heteroatoms. The van der Waals surface area contributed by atoms with Crippen LogP contribution in [-0.4, -0.2) is 58.9 Å². The zero-order valence-corrected chi connectivity index (χ0v) is 19.4. The number of aliphatic hydroxyl groups is 3. The number of benzene rings is 2. The lowest BCUT2D eigenvalue weighted by atomic mass is 9.99. The maximum atomic E-state index is 12.4. The molecule has 1 atom stereocenters. The standard InChI is InChI=1S/C22H26N4O8S/c1-21(32,24-8-7-11-5-3-2-4-6-11)9-12-15(27)17(29)14(18(30)16(12)28)26-19(31)22(33,34)13-10-35-20(23)25-13/h2-6,10,24,27-30,32-34H,7-9H2,1H3,(H2,23,25)(H,26,31). The van der Waals surface area contributed by atoms with Crippen molar-refractivity contribution >= 4 is 28.1 Å². The molecule has 188 valence electrons. The van der Waals surface area contributed by atoms with Crippen LogP contribution in [0.4, 0.5) is 10.8 Å². The second-order valence-electron chi connectivity index (χ2n) is 8.06. The number of carbonyl (C=O) groups is 1. The number of thiazole rings is 1. The number of hydrogen-bond donors (Lipinski definition) is 10. The Bertz CT molecular complexity index is 1180. The zero-order valence-electron chi connectivity index (χ0n) is 18.6. The number of amides is 1. The summed E-state index contributed by atoms with van der Waals surface area (Å²) >= 11 is 0.836. The monoisotopic (exact) mass is 506 g/mol. The van der Waals surface area contributed by atoms with Gasteiger partial charge in [-0.2, -0.15) is 0 Å². The van der Waals surface area contributed by atoms with Gasteiger partial charge in [0.2, 0.25) is 0 Å². The third-order valence-corrected chi connectivity index (χ3v) is 5.89. The molecular weight excluding hydrogens is 480 g/mol. The molecule has 1 heterocycles. The van der Waals surface area contributed by atoms with Gasteiger partial charge >= 0.3 is 0 Å². The lowest BCUT2D eigenvalue weighted by Crippen LogP contribution is -2.45. The van der Waals surface area contributed by atoms with E-state index >= 15 is 0 Å². The average Bonchev–Trinajstić information content (AvgIpc) is 3.26. The molecule has 0 aliphatic carbocycles. The van der Waals surface area contributed by atoms with Gasteiger partial charge in [-0.1, -0.05) is 30.3 Å². The van der Waals surface area contributed by atoms with Crippen molar-refractivity contribution < 1.29 is 40.5 Å². The van der Waals surface area contributed by atoms with Crippen LogP contribution >= 0.6 is 11.3 Å². The van der Waals surface area contributed by atoms with E-state index < -0.39 is 63.8 Å². The minimum atomic E-state index is -3.21. The number of aromatic hydroxyl groups is 4. The van der Waals surface area contributed by atoms with Crippen LogP contribution in [0.3, 0.4) is 0 Å². The highest BCUT2D eigenvalue weighted by Crippen LogP contribution is 2.51. The van der Waals surface area contributed by atoms with E-state index in [0.29, 0.717) is 13.0 Å². The SMILES string of the molecule is CC(O)(Cc1c(O)c(O)c(NC(=O)C(O)(O)c2csc(N)n2)c(O)c1O)NCCc1ccccc1. The van der Waals surface area contributed by atoms with Crippen molar-refractivity contribution in [3.8, 4) is 23.0 Å². The summed E-state index contributed by atoms with van der Waals surface area (Å²) in [6.45, 7) is 1.70. The molecule has 0 saturated heterocycles. The molecule has 2 aromatic carbocycles. The highest BCUT2D eigenvalue weighted by Gasteiger charge is 2.40. The van der Waals surface area contributed by atoms with Crippen LogP contribution < -0.4 is 16.4 Å². The van der Waals surface area contributed by atoms with Crippen molar-refractivity contribution in [3.63, 3.8) is 0 Å². The van der Waals surface area contributed by atoms with E-state index in [-0.39, 0.29) is 5.13 Å². The lowest BCUT2D eigenvalue weighted by Gasteiger charge is -2.27. The Labute approximate surface area is 203 Å². The number of nitrogens with zero attached hydrogens (tertiary/aromatic N) is 1. The quantitative estimate of drug-likeness (QED) is 0.109. The van der Waals surface area contributed by atoms with Crippen LogP contribution in [0.1, 0.15) is 23.7 Å². The van der Waals surface area contributed by atoms with Crippen molar-refractivity contribution in [1.29, 1.82) is 0 Å². The molecule has 12 nitrogen and oxygen atoms in total. The number of hydrogen-bond acceptors (Lipinski definition) is 12. The van der Waals surface area contributed by atoms with Gasteiger partial charge in [0.05, 0.1) is 0 Å². The number of carbonyl (C=O) groups excluding carboxylic acids is 1. The van der Waals surface area contributed by atoms with E-state index in [0.717, 1.165) is 22.3 Å². The fourth-order valence-corrected chi connectivity index (χ4v) is 3.93. The minimum absolute atomic E-state index is 0.0463. The number of aromatic nitrogens is 1. The Morgan fingerprint density at radius 2 is 1.63 bits per heavy atom. The largest absolute Gasteiger partial charge is 0.504 e. The summed E-state index contributed by atoms with van der Waals surface area (Å²) < 4.78 is 0. The molecule has 0 fully saturated rings. The van der Waals surface area contributed by atoms with Crippen LogP contribution in [0.15, 0.2) is 35.7 Å². The molecule has 1 unspecified atom stereocenters. The van der Waals surface area contributed by atoms with Gasteiger partial charge in [-0.15, -0.1) is 11.3 Å². The third-order valence-electron chi connectivity index (χ3n) is 5.21. The molecule has 0 radical (unpaired) electrons. The van der Waals surface area contributed by atoms with Crippen LogP contribution in [0.25, 0.3) is 0 Å². The van der Waals surface area contributed by atoms with Crippen molar-refractivity contribution in [2.24, 2.45) is 0 Å². The Kier molecular flexibility index (Phi) is 7.38. The van der Waals surface area contributed by atoms with Crippen LogP contribution in [0.2, 0.25) is 0 Å². The van der Waals surface area contributed by atoms with Crippen molar-refractivity contribution in [2.75, 3.05) is 17.6 Å². The summed E-state index contributed by atoms with van der Waals surface area (Å²) in [5.41, 5.74) is 2.94. The van der Waals surface area contributed by atoms with Gasteiger partial charge in [0.1, 0.15) is 17.1 Å². The Morgan fingerprint density at radius 1 is 1.03 bits per heavy atom. The van der Waals surface area contributed by atoms with Gasteiger partial charge < -0.3 is 46.8 Å². The number of nitrogen functional groups attached to an aromatic ring is 1. The average molecular weight is 507 g/mol. The van der Waals surface area contributed by atoms with Gasteiger partial charge in [-0.25, -0.2) is 4.98 Å². The second kappa shape index (κ2) is 9.93. The Hall–Kier alpha value is -3.62. The van der Waals surface area contributed by atoms with Crippen molar-refractivity contribution in [1.82, 2.24) is 10.3 Å². The fourth-order valence-electron chi connectivity index (χ4n) is 3.33. The summed E-state index contributed by atoms with van der Waals surface area (Å²) in [5, 5.41) is 78.2. The number of nitrogens with two attached hydrogens (primary N) is 1. The fraction of sp³-hybridized carbons (Fsp3) is 0.273. The van der Waals surface area contributed by atoms with Gasteiger partial charge in [0.15, 0.2) is 28.1 Å². The molecule has 0 saturated carbocycles. The van der Waals surface area contributed by atoms with E-state index in [1.807, 2.05) is 35.6 Å². The van der Waals surface area contributed by atoms with Crippen LogP contribution in [0, 0.1) is 0 Å². The second-order valence-corrected chi connectivity index (χ2v) is 8.95. The van der Waals surface area contributed by atoms with Crippen LogP contribution in [-0.2, 0) is 23.4 Å². The summed E-state index contributed by atoms with van der Waals surface area (Å²) in [6.07, 6.45) is 0.127. The number of anilines is 2. The summed E-state index contributed by atoms with van der Waals surface area (Å²) in [7, 11) is 0. The van der Waals surface area contributed by atoms with Gasteiger partial charge in [0, 0.05) is 23.9 Å².